The molecule has 1 heterocycles. The Bertz CT molecular complexity index is 1130. The summed E-state index contributed by atoms with van der Waals surface area (Å²) in [4.78, 5) is 12.6. The van der Waals surface area contributed by atoms with Crippen molar-refractivity contribution >= 4 is 17.5 Å². The van der Waals surface area contributed by atoms with Crippen molar-refractivity contribution < 1.29 is 33.2 Å². The Morgan fingerprint density at radius 3 is 2.43 bits per heavy atom. The number of ether oxygens (including phenoxy) is 6. The first-order valence-electron chi connectivity index (χ1n) is 11.0. The van der Waals surface area contributed by atoms with Gasteiger partial charge in [-0.25, -0.2) is 4.79 Å². The number of esters is 1. The molecule has 0 aliphatic heterocycles. The van der Waals surface area contributed by atoms with Crippen LogP contribution in [0.1, 0.15) is 34.1 Å². The van der Waals surface area contributed by atoms with Gasteiger partial charge in [-0.2, -0.15) is 5.10 Å². The number of nitrogens with one attached hydrogen (secondary N) is 2. The fourth-order valence-corrected chi connectivity index (χ4v) is 3.54. The summed E-state index contributed by atoms with van der Waals surface area (Å²) in [5.74, 6) is 1.46. The number of H-pyrrole nitrogens is 1. The van der Waals surface area contributed by atoms with Crippen molar-refractivity contribution in [2.75, 3.05) is 47.3 Å². The highest BCUT2D eigenvalue weighted by Gasteiger charge is 2.22. The second-order valence-electron chi connectivity index (χ2n) is 7.52. The maximum atomic E-state index is 12.6. The van der Waals surface area contributed by atoms with Gasteiger partial charge < -0.3 is 33.7 Å². The van der Waals surface area contributed by atoms with E-state index in [0.29, 0.717) is 23.7 Å². The first-order valence-corrected chi connectivity index (χ1v) is 11.0. The summed E-state index contributed by atoms with van der Waals surface area (Å²) in [7, 11) is 5.97. The maximum absolute atomic E-state index is 12.6. The largest absolute Gasteiger partial charge is 0.496 e. The maximum Gasteiger partial charge on any atom is 0.343 e. The van der Waals surface area contributed by atoms with Crippen LogP contribution in [0, 0.1) is 0 Å². The van der Waals surface area contributed by atoms with Gasteiger partial charge in [0.05, 0.1) is 19.9 Å². The predicted octanol–water partition coefficient (Wildman–Crippen LogP) is 4.07. The fourth-order valence-electron chi connectivity index (χ4n) is 3.54. The van der Waals surface area contributed by atoms with Crippen molar-refractivity contribution in [3.05, 3.63) is 58.8 Å². The number of hydrogen-bond acceptors (Lipinski definition) is 9. The number of aromatic amines is 1. The molecule has 10 nitrogen and oxygen atoms in total. The Morgan fingerprint density at radius 2 is 1.74 bits per heavy atom. The molecule has 0 spiro atoms. The number of carbonyl (C=O) groups is 1. The zero-order chi connectivity index (χ0) is 25.2. The van der Waals surface area contributed by atoms with E-state index in [9.17, 15) is 4.79 Å². The van der Waals surface area contributed by atoms with Gasteiger partial charge in [-0.05, 0) is 23.6 Å². The van der Waals surface area contributed by atoms with Crippen molar-refractivity contribution in [1.29, 1.82) is 0 Å². The van der Waals surface area contributed by atoms with E-state index >= 15 is 0 Å². The lowest BCUT2D eigenvalue weighted by Gasteiger charge is -2.16. The smallest absolute Gasteiger partial charge is 0.343 e. The summed E-state index contributed by atoms with van der Waals surface area (Å²) in [6, 6.07) is 11.2. The van der Waals surface area contributed by atoms with Crippen LogP contribution >= 0.6 is 0 Å². The van der Waals surface area contributed by atoms with E-state index in [2.05, 4.69) is 28.5 Å². The van der Waals surface area contributed by atoms with Gasteiger partial charge in [-0.15, -0.1) is 0 Å². The highest BCUT2D eigenvalue weighted by Crippen LogP contribution is 2.35. The summed E-state index contributed by atoms with van der Waals surface area (Å²) >= 11 is 0. The van der Waals surface area contributed by atoms with Crippen molar-refractivity contribution in [2.24, 2.45) is 0 Å². The minimum absolute atomic E-state index is 0.0227. The molecule has 0 aliphatic carbocycles. The van der Waals surface area contributed by atoms with Crippen LogP contribution in [-0.2, 0) is 27.1 Å². The van der Waals surface area contributed by atoms with Gasteiger partial charge in [0.1, 0.15) is 22.8 Å². The summed E-state index contributed by atoms with van der Waals surface area (Å²) in [5, 5.41) is 10.6. The summed E-state index contributed by atoms with van der Waals surface area (Å²) in [5.41, 5.74) is 3.73. The van der Waals surface area contributed by atoms with Crippen molar-refractivity contribution in [3.8, 4) is 17.2 Å². The number of benzene rings is 2. The van der Waals surface area contributed by atoms with Gasteiger partial charge >= 0.3 is 5.97 Å². The van der Waals surface area contributed by atoms with Crippen LogP contribution in [0.25, 0.3) is 0 Å². The third kappa shape index (κ3) is 6.65. The third-order valence-electron chi connectivity index (χ3n) is 5.15. The first-order chi connectivity index (χ1) is 17.0. The molecule has 10 heteroatoms. The fraction of sp³-hybridized carbons (Fsp3) is 0.360. The molecule has 0 saturated carbocycles. The molecule has 2 aromatic carbocycles. The SMILES string of the molecule is CCc1cc(Cc2cc(Nc3cc(OCOC)cc(OCOC)c3C(=O)OC)n[nH]2)ccc1OC. The molecule has 0 amide bonds. The third-order valence-corrected chi connectivity index (χ3v) is 5.15. The monoisotopic (exact) mass is 485 g/mol. The number of methoxy groups -OCH3 is 4. The molecule has 0 aliphatic rings. The van der Waals surface area contributed by atoms with E-state index in [4.69, 9.17) is 28.4 Å². The molecule has 1 aromatic heterocycles. The molecule has 0 fully saturated rings. The van der Waals surface area contributed by atoms with Crippen LogP contribution in [0.15, 0.2) is 36.4 Å². The van der Waals surface area contributed by atoms with E-state index in [1.165, 1.54) is 21.3 Å². The Labute approximate surface area is 204 Å². The van der Waals surface area contributed by atoms with E-state index < -0.39 is 5.97 Å². The molecule has 0 radical (unpaired) electrons. The van der Waals surface area contributed by atoms with E-state index in [1.807, 2.05) is 18.2 Å². The highest BCUT2D eigenvalue weighted by molar-refractivity contribution is 5.99. The molecule has 2 N–H and O–H groups in total. The lowest BCUT2D eigenvalue weighted by atomic mass is 10.0. The van der Waals surface area contributed by atoms with Gasteiger partial charge in [0.2, 0.25) is 0 Å². The number of anilines is 2. The minimum atomic E-state index is -0.585. The van der Waals surface area contributed by atoms with Gasteiger partial charge in [0, 0.05) is 44.5 Å². The predicted molar refractivity (Wildman–Crippen MR) is 130 cm³/mol. The Kier molecular flexibility index (Phi) is 9.33. The number of carbonyl (C=O) groups excluding carboxylic acids is 1. The minimum Gasteiger partial charge on any atom is -0.496 e. The van der Waals surface area contributed by atoms with Crippen LogP contribution in [0.5, 0.6) is 17.2 Å². The highest BCUT2D eigenvalue weighted by atomic mass is 16.7. The molecule has 35 heavy (non-hydrogen) atoms. The quantitative estimate of drug-likeness (QED) is 0.273. The zero-order valence-corrected chi connectivity index (χ0v) is 20.6. The van der Waals surface area contributed by atoms with E-state index in [0.717, 1.165) is 29.0 Å². The van der Waals surface area contributed by atoms with Crippen LogP contribution < -0.4 is 19.5 Å². The number of aryl methyl sites for hydroxylation is 1. The standard InChI is InChI=1S/C25H31N3O7/c1-6-17-9-16(7-8-21(17)32-4)10-18-11-23(28-27-18)26-20-12-19(34-14-30-2)13-22(35-15-31-3)24(20)25(29)33-5/h7-9,11-13H,6,10,14-15H2,1-5H3,(H2,26,27,28). The average molecular weight is 486 g/mol. The molecule has 0 atom stereocenters. The average Bonchev–Trinajstić information content (AvgIpc) is 3.31. The van der Waals surface area contributed by atoms with Crippen LogP contribution in [0.4, 0.5) is 11.5 Å². The molecule has 0 saturated heterocycles. The summed E-state index contributed by atoms with van der Waals surface area (Å²) in [6.45, 7) is 2.05. The molecule has 0 bridgehead atoms. The molecule has 188 valence electrons. The molecule has 0 unspecified atom stereocenters. The Balaban J connectivity index is 1.89. The molecule has 3 aromatic rings. The number of hydrogen-bond donors (Lipinski definition) is 2. The van der Waals surface area contributed by atoms with Gasteiger partial charge in [-0.3, -0.25) is 5.10 Å². The van der Waals surface area contributed by atoms with Crippen LogP contribution in [0.3, 0.4) is 0 Å². The first kappa shape index (κ1) is 25.9. The topological polar surface area (TPSA) is 113 Å². The summed E-state index contributed by atoms with van der Waals surface area (Å²) < 4.78 is 31.6. The van der Waals surface area contributed by atoms with Gasteiger partial charge in [-0.1, -0.05) is 19.1 Å². The molecule has 3 rings (SSSR count). The summed E-state index contributed by atoms with van der Waals surface area (Å²) in [6.07, 6.45) is 1.52. The number of rotatable bonds is 13. The van der Waals surface area contributed by atoms with E-state index in [1.54, 1.807) is 19.2 Å². The number of aromatic nitrogens is 2. The van der Waals surface area contributed by atoms with Gasteiger partial charge in [0.15, 0.2) is 19.4 Å². The lowest BCUT2D eigenvalue weighted by Crippen LogP contribution is -2.11. The molecular formula is C25H31N3O7. The van der Waals surface area contributed by atoms with Crippen molar-refractivity contribution in [3.63, 3.8) is 0 Å². The van der Waals surface area contributed by atoms with Crippen molar-refractivity contribution in [1.82, 2.24) is 10.2 Å². The lowest BCUT2D eigenvalue weighted by molar-refractivity contribution is 0.0436. The second-order valence-corrected chi connectivity index (χ2v) is 7.52. The van der Waals surface area contributed by atoms with E-state index in [-0.39, 0.29) is 24.9 Å². The Morgan fingerprint density at radius 1 is 0.971 bits per heavy atom. The van der Waals surface area contributed by atoms with Gasteiger partial charge in [0.25, 0.3) is 0 Å². The zero-order valence-electron chi connectivity index (χ0n) is 20.6. The van der Waals surface area contributed by atoms with Crippen molar-refractivity contribution in [2.45, 2.75) is 19.8 Å². The number of nitrogens with zero attached hydrogens (tertiary/aromatic N) is 1. The van der Waals surface area contributed by atoms with Crippen LogP contribution in [-0.4, -0.2) is 58.2 Å². The normalized spacial score (nSPS) is 10.7. The van der Waals surface area contributed by atoms with Crippen LogP contribution in [0.2, 0.25) is 0 Å². The molecular weight excluding hydrogens is 454 g/mol. The Hall–Kier alpha value is -3.76. The second kappa shape index (κ2) is 12.6.